The molecule has 7 rings (SSSR count). The van der Waals surface area contributed by atoms with Crippen LogP contribution in [0.1, 0.15) is 68.0 Å². The summed E-state index contributed by atoms with van der Waals surface area (Å²) in [4.78, 5) is 10.5. The second-order valence-corrected chi connectivity index (χ2v) is 10.7. The first-order valence-electron chi connectivity index (χ1n) is 11.8. The van der Waals surface area contributed by atoms with Crippen molar-refractivity contribution in [2.45, 2.75) is 56.3 Å². The smallest absolute Gasteiger partial charge is 0.0906 e. The Morgan fingerprint density at radius 3 is 2.09 bits per heavy atom. The molecule has 0 aliphatic heterocycles. The lowest BCUT2D eigenvalue weighted by Crippen LogP contribution is -2.29. The molecule has 0 saturated heterocycles. The van der Waals surface area contributed by atoms with Crippen LogP contribution in [0, 0.1) is 5.92 Å². The van der Waals surface area contributed by atoms with Crippen LogP contribution in [0.25, 0.3) is 21.8 Å². The van der Waals surface area contributed by atoms with Gasteiger partial charge in [0, 0.05) is 16.7 Å². The zero-order chi connectivity index (χ0) is 21.8. The number of hydrogen-bond donors (Lipinski definition) is 0. The van der Waals surface area contributed by atoms with Crippen molar-refractivity contribution < 1.29 is 0 Å². The summed E-state index contributed by atoms with van der Waals surface area (Å²) in [5.41, 5.74) is 7.33. The highest BCUT2D eigenvalue weighted by atomic mass is 35.5. The molecule has 4 atom stereocenters. The van der Waals surface area contributed by atoms with Crippen LogP contribution in [0.4, 0.5) is 0 Å². The van der Waals surface area contributed by atoms with Gasteiger partial charge < -0.3 is 0 Å². The molecule has 3 aliphatic rings. The van der Waals surface area contributed by atoms with E-state index < -0.39 is 0 Å². The van der Waals surface area contributed by atoms with Crippen molar-refractivity contribution in [3.63, 3.8) is 0 Å². The standard InChI is InChI=1S/C28H24Cl2N2/c1-3-9-27-17-11-15-7-5-6-8-16(15)12-18(17)28(10-4-2)25(27)23(27)24-26(28)32-22-14-20(30)19(29)13-21(22)31-24/h5-8,11-14,23,25H,3-4,9-10H2,1-2H3. The van der Waals surface area contributed by atoms with Crippen molar-refractivity contribution in [1.29, 1.82) is 0 Å². The average molecular weight is 459 g/mol. The van der Waals surface area contributed by atoms with Gasteiger partial charge in [0.05, 0.1) is 32.5 Å². The Hall–Kier alpha value is -2.16. The minimum atomic E-state index is -0.0451. The maximum absolute atomic E-state index is 6.36. The van der Waals surface area contributed by atoms with E-state index in [1.807, 2.05) is 12.1 Å². The first-order chi connectivity index (χ1) is 15.6. The van der Waals surface area contributed by atoms with Gasteiger partial charge >= 0.3 is 0 Å². The molecule has 4 unspecified atom stereocenters. The summed E-state index contributed by atoms with van der Waals surface area (Å²) in [6.07, 6.45) is 4.62. The number of hydrogen-bond acceptors (Lipinski definition) is 2. The van der Waals surface area contributed by atoms with Gasteiger partial charge in [-0.2, -0.15) is 0 Å². The Morgan fingerprint density at radius 1 is 0.812 bits per heavy atom. The summed E-state index contributed by atoms with van der Waals surface area (Å²) in [6, 6.07) is 17.5. The first kappa shape index (κ1) is 19.3. The fraction of sp³-hybridized carbons (Fsp3) is 0.357. The molecule has 32 heavy (non-hydrogen) atoms. The van der Waals surface area contributed by atoms with Crippen molar-refractivity contribution in [2.75, 3.05) is 0 Å². The Bertz CT molecular complexity index is 1460. The third kappa shape index (κ3) is 2.05. The fourth-order valence-corrected chi connectivity index (χ4v) is 7.93. The average Bonchev–Trinajstić information content (AvgIpc) is 3.31. The molecule has 3 aromatic carbocycles. The molecule has 0 N–H and O–H groups in total. The van der Waals surface area contributed by atoms with Crippen molar-refractivity contribution in [1.82, 2.24) is 9.97 Å². The largest absolute Gasteiger partial charge is 0.249 e. The van der Waals surface area contributed by atoms with Gasteiger partial charge in [0.1, 0.15) is 0 Å². The second-order valence-electron chi connectivity index (χ2n) is 9.92. The van der Waals surface area contributed by atoms with Gasteiger partial charge in [-0.1, -0.05) is 80.2 Å². The van der Waals surface area contributed by atoms with Crippen LogP contribution in [0.15, 0.2) is 48.5 Å². The number of fused-ring (bicyclic) bond motifs is 9. The maximum atomic E-state index is 6.36. The van der Waals surface area contributed by atoms with Gasteiger partial charge in [0.15, 0.2) is 0 Å². The molecule has 0 radical (unpaired) electrons. The molecular formula is C28H24Cl2N2. The molecule has 0 spiro atoms. The van der Waals surface area contributed by atoms with Crippen LogP contribution in [-0.4, -0.2) is 9.97 Å². The molecule has 4 heteroatoms. The Balaban J connectivity index is 1.58. The van der Waals surface area contributed by atoms with Gasteiger partial charge in [-0.3, -0.25) is 0 Å². The predicted molar refractivity (Wildman–Crippen MR) is 132 cm³/mol. The zero-order valence-electron chi connectivity index (χ0n) is 18.3. The van der Waals surface area contributed by atoms with Gasteiger partial charge in [0.2, 0.25) is 0 Å². The zero-order valence-corrected chi connectivity index (χ0v) is 19.8. The topological polar surface area (TPSA) is 25.8 Å². The third-order valence-electron chi connectivity index (χ3n) is 8.49. The van der Waals surface area contributed by atoms with E-state index >= 15 is 0 Å². The Morgan fingerprint density at radius 2 is 1.44 bits per heavy atom. The molecule has 160 valence electrons. The van der Waals surface area contributed by atoms with Crippen LogP contribution in [-0.2, 0) is 10.8 Å². The minimum Gasteiger partial charge on any atom is -0.249 e. The Kier molecular flexibility index (Phi) is 3.77. The van der Waals surface area contributed by atoms with Crippen molar-refractivity contribution in [3.05, 3.63) is 81.1 Å². The number of aromatic nitrogens is 2. The summed E-state index contributed by atoms with van der Waals surface area (Å²) < 4.78 is 0. The molecule has 1 saturated carbocycles. The molecule has 1 aromatic heterocycles. The number of benzene rings is 3. The normalized spacial score (nSPS) is 28.8. The molecule has 0 bridgehead atoms. The van der Waals surface area contributed by atoms with E-state index in [2.05, 4.69) is 50.2 Å². The molecule has 1 fully saturated rings. The minimum absolute atomic E-state index is 0.0451. The lowest BCUT2D eigenvalue weighted by Gasteiger charge is -2.30. The molecule has 3 aliphatic carbocycles. The first-order valence-corrected chi connectivity index (χ1v) is 12.5. The molecule has 1 heterocycles. The van der Waals surface area contributed by atoms with Gasteiger partial charge in [-0.05, 0) is 58.9 Å². The molecule has 2 nitrogen and oxygen atoms in total. The highest BCUT2D eigenvalue weighted by Crippen LogP contribution is 2.85. The molecule has 0 amide bonds. The van der Waals surface area contributed by atoms with Crippen LogP contribution >= 0.6 is 23.2 Å². The van der Waals surface area contributed by atoms with E-state index in [0.29, 0.717) is 21.9 Å². The van der Waals surface area contributed by atoms with Crippen LogP contribution in [0.3, 0.4) is 0 Å². The van der Waals surface area contributed by atoms with Crippen molar-refractivity contribution in [3.8, 4) is 0 Å². The SMILES string of the molecule is CCCC12c3cc4ccccc4cc3C3(CCC)C(c4nc5cc(Cl)c(Cl)cc5nc41)C23. The molecular weight excluding hydrogens is 435 g/mol. The second kappa shape index (κ2) is 6.24. The Labute approximate surface area is 198 Å². The van der Waals surface area contributed by atoms with E-state index in [1.165, 1.54) is 40.6 Å². The summed E-state index contributed by atoms with van der Waals surface area (Å²) in [5.74, 6) is 1.03. The van der Waals surface area contributed by atoms with Gasteiger partial charge in [-0.15, -0.1) is 0 Å². The van der Waals surface area contributed by atoms with Crippen LogP contribution in [0.2, 0.25) is 10.0 Å². The summed E-state index contributed by atoms with van der Waals surface area (Å²) in [7, 11) is 0. The van der Waals surface area contributed by atoms with E-state index in [0.717, 1.165) is 23.9 Å². The van der Waals surface area contributed by atoms with E-state index in [4.69, 9.17) is 33.2 Å². The summed E-state index contributed by atoms with van der Waals surface area (Å²) in [5, 5.41) is 3.75. The van der Waals surface area contributed by atoms with E-state index in [-0.39, 0.29) is 10.8 Å². The number of halogens is 2. The predicted octanol–water partition coefficient (Wildman–Crippen LogP) is 7.95. The van der Waals surface area contributed by atoms with Gasteiger partial charge in [0.25, 0.3) is 0 Å². The summed E-state index contributed by atoms with van der Waals surface area (Å²) in [6.45, 7) is 4.62. The quantitative estimate of drug-likeness (QED) is 0.309. The highest BCUT2D eigenvalue weighted by Gasteiger charge is 2.82. The van der Waals surface area contributed by atoms with Crippen LogP contribution in [0.5, 0.6) is 0 Å². The third-order valence-corrected chi connectivity index (χ3v) is 9.21. The number of nitrogens with zero attached hydrogens (tertiary/aromatic N) is 2. The fourth-order valence-electron chi connectivity index (χ4n) is 7.61. The van der Waals surface area contributed by atoms with Crippen LogP contribution < -0.4 is 0 Å². The lowest BCUT2D eigenvalue weighted by atomic mass is 9.74. The van der Waals surface area contributed by atoms with E-state index in [9.17, 15) is 0 Å². The maximum Gasteiger partial charge on any atom is 0.0906 e. The van der Waals surface area contributed by atoms with E-state index in [1.54, 1.807) is 5.56 Å². The lowest BCUT2D eigenvalue weighted by molar-refractivity contribution is 0.397. The monoisotopic (exact) mass is 458 g/mol. The highest BCUT2D eigenvalue weighted by molar-refractivity contribution is 6.42. The van der Waals surface area contributed by atoms with Crippen molar-refractivity contribution >= 4 is 45.0 Å². The molecule has 4 aromatic rings. The summed E-state index contributed by atoms with van der Waals surface area (Å²) >= 11 is 12.7. The number of rotatable bonds is 4. The van der Waals surface area contributed by atoms with Crippen molar-refractivity contribution in [2.24, 2.45) is 5.92 Å². The van der Waals surface area contributed by atoms with Gasteiger partial charge in [-0.25, -0.2) is 9.97 Å².